The molecule has 0 N–H and O–H groups in total. The average molecular weight is 426 g/mol. The summed E-state index contributed by atoms with van der Waals surface area (Å²) >= 11 is 3.18. The molecule has 0 aliphatic rings. The zero-order chi connectivity index (χ0) is 18.6. The second-order valence-corrected chi connectivity index (χ2v) is 9.33. The van der Waals surface area contributed by atoms with E-state index < -0.39 is 21.5 Å². The summed E-state index contributed by atoms with van der Waals surface area (Å²) in [5, 5.41) is 0. The summed E-state index contributed by atoms with van der Waals surface area (Å²) in [7, 11) is -1.43. The van der Waals surface area contributed by atoms with Gasteiger partial charge >= 0.3 is 0 Å². The molecule has 0 aliphatic heterocycles. The first-order valence-corrected chi connectivity index (χ1v) is 9.72. The van der Waals surface area contributed by atoms with Crippen LogP contribution in [0.3, 0.4) is 0 Å². The summed E-state index contributed by atoms with van der Waals surface area (Å²) in [6.45, 7) is 7.59. The maximum atomic E-state index is 14.0. The van der Waals surface area contributed by atoms with Gasteiger partial charge in [0.2, 0.25) is 0 Å². The van der Waals surface area contributed by atoms with Gasteiger partial charge in [-0.3, -0.25) is 0 Å². The first-order valence-electron chi connectivity index (χ1n) is 7.82. The van der Waals surface area contributed by atoms with Gasteiger partial charge in [0, 0.05) is 5.56 Å². The predicted molar refractivity (Wildman–Crippen MR) is 105 cm³/mol. The van der Waals surface area contributed by atoms with Crippen molar-refractivity contribution in [3.63, 3.8) is 0 Å². The largest absolute Gasteiger partial charge is 0.488 e. The van der Waals surface area contributed by atoms with Gasteiger partial charge in [-0.1, -0.05) is 30.3 Å². The molecule has 0 heterocycles. The highest BCUT2D eigenvalue weighted by Crippen LogP contribution is 2.29. The molecule has 0 fully saturated rings. The quantitative estimate of drug-likeness (QED) is 0.598. The van der Waals surface area contributed by atoms with Crippen LogP contribution in [0.25, 0.3) is 0 Å². The maximum absolute atomic E-state index is 14.0. The monoisotopic (exact) mass is 425 g/mol. The van der Waals surface area contributed by atoms with Crippen LogP contribution in [0.5, 0.6) is 5.75 Å². The summed E-state index contributed by atoms with van der Waals surface area (Å²) in [4.78, 5) is 0. The van der Waals surface area contributed by atoms with Gasteiger partial charge in [0.1, 0.15) is 29.2 Å². The molecule has 0 radical (unpaired) electrons. The van der Waals surface area contributed by atoms with Crippen LogP contribution in [-0.4, -0.2) is 14.7 Å². The van der Waals surface area contributed by atoms with E-state index in [4.69, 9.17) is 4.74 Å². The van der Waals surface area contributed by atoms with E-state index in [1.807, 2.05) is 51.1 Å². The molecule has 0 bridgehead atoms. The van der Waals surface area contributed by atoms with Crippen molar-refractivity contribution in [2.45, 2.75) is 39.0 Å². The Balaban J connectivity index is 2.35. The Morgan fingerprint density at radius 3 is 2.48 bits per heavy atom. The van der Waals surface area contributed by atoms with E-state index in [2.05, 4.69) is 20.3 Å². The Hall–Kier alpha value is -1.53. The van der Waals surface area contributed by atoms with Crippen molar-refractivity contribution < 1.29 is 13.3 Å². The summed E-state index contributed by atoms with van der Waals surface area (Å²) in [6.07, 6.45) is 0. The van der Waals surface area contributed by atoms with Crippen molar-refractivity contribution in [3.05, 3.63) is 63.9 Å². The third-order valence-corrected chi connectivity index (χ3v) is 5.49. The number of nitrogens with zero attached hydrogens (tertiary/aromatic N) is 1. The van der Waals surface area contributed by atoms with E-state index in [0.29, 0.717) is 28.1 Å². The fourth-order valence-corrected chi connectivity index (χ4v) is 2.92. The lowest BCUT2D eigenvalue weighted by atomic mass is 10.1. The van der Waals surface area contributed by atoms with Gasteiger partial charge < -0.3 is 4.74 Å². The van der Waals surface area contributed by atoms with Crippen LogP contribution >= 0.6 is 15.9 Å². The Morgan fingerprint density at radius 1 is 1.24 bits per heavy atom. The van der Waals surface area contributed by atoms with Gasteiger partial charge in [0.25, 0.3) is 0 Å². The Morgan fingerprint density at radius 2 is 1.88 bits per heavy atom. The van der Waals surface area contributed by atoms with Gasteiger partial charge in [-0.25, -0.2) is 8.60 Å². The molecule has 0 saturated heterocycles. The highest BCUT2D eigenvalue weighted by molar-refractivity contribution is 9.10. The standard InChI is InChI=1S/C19H21BrFNO2S/c1-13(22-25(23)19(2,3)4)15-10-17(21)16(20)11-18(15)24-12-14-8-6-5-7-9-14/h5-11H,12H2,1-4H3/b22-13+. The molecule has 0 amide bonds. The Bertz CT molecular complexity index is 801. The number of rotatable bonds is 5. The molecule has 1 unspecified atom stereocenters. The van der Waals surface area contributed by atoms with Crippen molar-refractivity contribution in [3.8, 4) is 5.75 Å². The van der Waals surface area contributed by atoms with Crippen molar-refractivity contribution in [1.82, 2.24) is 0 Å². The van der Waals surface area contributed by atoms with E-state index in [-0.39, 0.29) is 0 Å². The number of benzene rings is 2. The Kier molecular flexibility index (Phi) is 6.52. The normalized spacial score (nSPS) is 13.6. The fourth-order valence-electron chi connectivity index (χ4n) is 1.98. The van der Waals surface area contributed by atoms with E-state index in [1.54, 1.807) is 13.0 Å². The molecular weight excluding hydrogens is 405 g/mol. The van der Waals surface area contributed by atoms with Crippen LogP contribution in [0.4, 0.5) is 4.39 Å². The van der Waals surface area contributed by atoms with Gasteiger partial charge in [0.15, 0.2) is 0 Å². The first kappa shape index (κ1) is 19.8. The molecule has 134 valence electrons. The number of hydrogen-bond donors (Lipinski definition) is 0. The number of halogens is 2. The van der Waals surface area contributed by atoms with Crippen LogP contribution in [0.15, 0.2) is 51.3 Å². The zero-order valence-electron chi connectivity index (χ0n) is 14.7. The van der Waals surface area contributed by atoms with E-state index in [9.17, 15) is 8.60 Å². The van der Waals surface area contributed by atoms with Gasteiger partial charge in [-0.15, -0.1) is 0 Å². The lowest BCUT2D eigenvalue weighted by Gasteiger charge is -2.16. The van der Waals surface area contributed by atoms with Crippen LogP contribution in [0.1, 0.15) is 38.8 Å². The third kappa shape index (κ3) is 5.47. The van der Waals surface area contributed by atoms with E-state index >= 15 is 0 Å². The highest BCUT2D eigenvalue weighted by Gasteiger charge is 2.20. The van der Waals surface area contributed by atoms with Crippen LogP contribution < -0.4 is 4.74 Å². The third-order valence-electron chi connectivity index (χ3n) is 3.39. The molecule has 2 aromatic carbocycles. The summed E-state index contributed by atoms with van der Waals surface area (Å²) < 4.78 is 36.2. The van der Waals surface area contributed by atoms with E-state index in [1.165, 1.54) is 6.07 Å². The van der Waals surface area contributed by atoms with Crippen LogP contribution in [0.2, 0.25) is 0 Å². The lowest BCUT2D eigenvalue weighted by molar-refractivity contribution is 0.305. The number of ether oxygens (including phenoxy) is 1. The lowest BCUT2D eigenvalue weighted by Crippen LogP contribution is -2.20. The predicted octanol–water partition coefficient (Wildman–Crippen LogP) is 5.44. The summed E-state index contributed by atoms with van der Waals surface area (Å²) in [5.74, 6) is 0.0717. The fraction of sp³-hybridized carbons (Fsp3) is 0.316. The van der Waals surface area contributed by atoms with Gasteiger partial charge in [-0.05, 0) is 61.3 Å². The van der Waals surface area contributed by atoms with Crippen molar-refractivity contribution in [2.75, 3.05) is 0 Å². The highest BCUT2D eigenvalue weighted by atomic mass is 79.9. The average Bonchev–Trinajstić information content (AvgIpc) is 2.55. The second kappa shape index (κ2) is 8.23. The zero-order valence-corrected chi connectivity index (χ0v) is 17.1. The minimum atomic E-state index is -1.43. The second-order valence-electron chi connectivity index (χ2n) is 6.57. The van der Waals surface area contributed by atoms with Crippen LogP contribution in [0, 0.1) is 5.82 Å². The SMILES string of the molecule is C/C(=N\S(=O)C(C)(C)C)c1cc(F)c(Br)cc1OCc1ccccc1. The molecule has 25 heavy (non-hydrogen) atoms. The number of hydrogen-bond acceptors (Lipinski definition) is 2. The smallest absolute Gasteiger partial charge is 0.145 e. The molecule has 6 heteroatoms. The van der Waals surface area contributed by atoms with Crippen molar-refractivity contribution in [1.29, 1.82) is 0 Å². The molecule has 3 nitrogen and oxygen atoms in total. The van der Waals surface area contributed by atoms with Crippen molar-refractivity contribution in [2.24, 2.45) is 4.40 Å². The molecule has 2 rings (SSSR count). The van der Waals surface area contributed by atoms with Gasteiger partial charge in [0.05, 0.1) is 14.9 Å². The topological polar surface area (TPSA) is 38.7 Å². The summed E-state index contributed by atoms with van der Waals surface area (Å²) in [6, 6.07) is 12.6. The van der Waals surface area contributed by atoms with Crippen molar-refractivity contribution >= 4 is 32.6 Å². The van der Waals surface area contributed by atoms with Crippen LogP contribution in [-0.2, 0) is 17.6 Å². The summed E-state index contributed by atoms with van der Waals surface area (Å²) in [5.41, 5.74) is 1.97. The van der Waals surface area contributed by atoms with Gasteiger partial charge in [-0.2, -0.15) is 4.40 Å². The minimum Gasteiger partial charge on any atom is -0.488 e. The maximum Gasteiger partial charge on any atom is 0.145 e. The molecule has 0 aromatic heterocycles. The molecule has 2 aromatic rings. The molecule has 0 saturated carbocycles. The molecule has 1 atom stereocenters. The van der Waals surface area contributed by atoms with E-state index in [0.717, 1.165) is 5.56 Å². The minimum absolute atomic E-state index is 0.309. The molecule has 0 spiro atoms. The Labute approximate surface area is 159 Å². The molecule has 0 aliphatic carbocycles. The first-order chi connectivity index (χ1) is 11.7. The molecular formula is C19H21BrFNO2S.